The molecule has 3 aromatic rings. The largest absolute Gasteiger partial charge is 0.458 e. The lowest BCUT2D eigenvalue weighted by atomic mass is 9.86. The Morgan fingerprint density at radius 3 is 2.62 bits per heavy atom. The highest BCUT2D eigenvalue weighted by atomic mass is 16.7. The number of aliphatic hydroxyl groups is 1. The van der Waals surface area contributed by atoms with Crippen molar-refractivity contribution < 1.29 is 33.6 Å². The smallest absolute Gasteiger partial charge is 0.407 e. The van der Waals surface area contributed by atoms with Crippen LogP contribution in [0.3, 0.4) is 0 Å². The Hall–Kier alpha value is -4.12. The van der Waals surface area contributed by atoms with E-state index >= 15 is 0 Å². The van der Waals surface area contributed by atoms with E-state index in [0.717, 1.165) is 16.5 Å². The lowest BCUT2D eigenvalue weighted by molar-refractivity contribution is -0.172. The molecule has 0 fully saturated rings. The molecule has 1 unspecified atom stereocenters. The second-order valence-corrected chi connectivity index (χ2v) is 10.9. The van der Waals surface area contributed by atoms with Gasteiger partial charge in [0, 0.05) is 29.1 Å². The molecule has 204 valence electrons. The second-order valence-electron chi connectivity index (χ2n) is 10.9. The van der Waals surface area contributed by atoms with Crippen molar-refractivity contribution in [3.05, 3.63) is 50.8 Å². The van der Waals surface area contributed by atoms with E-state index < -0.39 is 23.3 Å². The Balaban J connectivity index is 1.48. The SMILES string of the molecule is CCC1(O)C(=O)OCc2c1cc1n(c2=O)Cc2c-1nc1cc3c(cc1c2CCNC(=O)OC(C)(C)C)OCO3. The zero-order valence-electron chi connectivity index (χ0n) is 22.2. The van der Waals surface area contributed by atoms with Crippen molar-refractivity contribution in [3.63, 3.8) is 0 Å². The molecule has 6 rings (SSSR count). The normalized spacial score (nSPS) is 18.8. The van der Waals surface area contributed by atoms with Crippen molar-refractivity contribution in [1.82, 2.24) is 14.9 Å². The van der Waals surface area contributed by atoms with Crippen LogP contribution in [0, 0.1) is 0 Å². The number of alkyl carbamates (subject to hydrolysis) is 1. The summed E-state index contributed by atoms with van der Waals surface area (Å²) in [5, 5.41) is 14.8. The molecule has 11 heteroatoms. The average molecular weight is 536 g/mol. The van der Waals surface area contributed by atoms with Crippen LogP contribution in [-0.2, 0) is 39.4 Å². The maximum atomic E-state index is 13.6. The highest BCUT2D eigenvalue weighted by Crippen LogP contribution is 2.43. The highest BCUT2D eigenvalue weighted by Gasteiger charge is 2.45. The summed E-state index contributed by atoms with van der Waals surface area (Å²) in [4.78, 5) is 43.3. The number of nitrogens with one attached hydrogen (secondary N) is 1. The molecule has 1 aromatic carbocycles. The van der Waals surface area contributed by atoms with Crippen molar-refractivity contribution in [2.45, 2.75) is 64.9 Å². The van der Waals surface area contributed by atoms with Crippen molar-refractivity contribution in [2.75, 3.05) is 13.3 Å². The molecular weight excluding hydrogens is 506 g/mol. The van der Waals surface area contributed by atoms with Crippen LogP contribution in [0.2, 0.25) is 0 Å². The minimum atomic E-state index is -1.91. The molecule has 1 amide bonds. The summed E-state index contributed by atoms with van der Waals surface area (Å²) < 4.78 is 23.3. The van der Waals surface area contributed by atoms with Crippen molar-refractivity contribution >= 4 is 23.0 Å². The van der Waals surface area contributed by atoms with Crippen molar-refractivity contribution in [1.29, 1.82) is 0 Å². The number of cyclic esters (lactones) is 1. The molecule has 0 radical (unpaired) electrons. The Kier molecular flexibility index (Phi) is 5.62. The van der Waals surface area contributed by atoms with Gasteiger partial charge in [-0.2, -0.15) is 0 Å². The highest BCUT2D eigenvalue weighted by molar-refractivity contribution is 5.91. The molecule has 0 bridgehead atoms. The van der Waals surface area contributed by atoms with Gasteiger partial charge in [-0.1, -0.05) is 6.92 Å². The fourth-order valence-electron chi connectivity index (χ4n) is 5.44. The van der Waals surface area contributed by atoms with Gasteiger partial charge in [-0.05, 0) is 51.3 Å². The summed E-state index contributed by atoms with van der Waals surface area (Å²) in [7, 11) is 0. The standard InChI is InChI=1S/C28H29N3O8/c1-5-28(35)18-9-20-23-16(11-31(20)24(32)17(18)12-36-25(28)33)14(6-7-29-26(34)39-27(2,3)4)15-8-21-22(38-13-37-21)10-19(15)30-23/h8-10,35H,5-7,11-13H2,1-4H3,(H,29,34). The molecule has 0 spiro atoms. The van der Waals surface area contributed by atoms with Gasteiger partial charge in [-0.15, -0.1) is 0 Å². The number of pyridine rings is 2. The average Bonchev–Trinajstić information content (AvgIpc) is 3.48. The van der Waals surface area contributed by atoms with Gasteiger partial charge in [0.05, 0.1) is 29.0 Å². The number of benzene rings is 1. The summed E-state index contributed by atoms with van der Waals surface area (Å²) in [6, 6.07) is 5.34. The number of amides is 1. The lowest BCUT2D eigenvalue weighted by Gasteiger charge is -2.31. The molecule has 3 aliphatic rings. The molecule has 0 aliphatic carbocycles. The minimum absolute atomic E-state index is 0.0603. The topological polar surface area (TPSA) is 138 Å². The zero-order chi connectivity index (χ0) is 27.7. The number of carbonyl (C=O) groups is 2. The molecule has 2 aromatic heterocycles. The first-order valence-corrected chi connectivity index (χ1v) is 12.9. The van der Waals surface area contributed by atoms with Gasteiger partial charge in [0.25, 0.3) is 5.56 Å². The van der Waals surface area contributed by atoms with E-state index in [1.54, 1.807) is 44.4 Å². The quantitative estimate of drug-likeness (QED) is 0.378. The first-order valence-electron chi connectivity index (χ1n) is 12.9. The molecule has 11 nitrogen and oxygen atoms in total. The third kappa shape index (κ3) is 3.99. The number of hydrogen-bond donors (Lipinski definition) is 2. The van der Waals surface area contributed by atoms with Gasteiger partial charge < -0.3 is 33.9 Å². The molecule has 0 saturated carbocycles. The van der Waals surface area contributed by atoms with E-state index in [4.69, 9.17) is 23.9 Å². The predicted molar refractivity (Wildman–Crippen MR) is 139 cm³/mol. The molecular formula is C28H29N3O8. The number of hydrogen-bond acceptors (Lipinski definition) is 9. The van der Waals surface area contributed by atoms with Crippen LogP contribution in [0.5, 0.6) is 11.5 Å². The first-order chi connectivity index (χ1) is 18.5. The summed E-state index contributed by atoms with van der Waals surface area (Å²) >= 11 is 0. The Labute approximate surface area is 223 Å². The van der Waals surface area contributed by atoms with Crippen LogP contribution in [0.4, 0.5) is 4.79 Å². The number of carbonyl (C=O) groups excluding carboxylic acids is 2. The van der Waals surface area contributed by atoms with Gasteiger partial charge in [-0.25, -0.2) is 14.6 Å². The Morgan fingerprint density at radius 2 is 1.90 bits per heavy atom. The van der Waals surface area contributed by atoms with Crippen LogP contribution in [0.15, 0.2) is 23.0 Å². The van der Waals surface area contributed by atoms with Crippen molar-refractivity contribution in [2.24, 2.45) is 0 Å². The fraction of sp³-hybridized carbons (Fsp3) is 0.429. The van der Waals surface area contributed by atoms with Crippen LogP contribution in [-0.4, -0.2) is 45.7 Å². The number of aromatic nitrogens is 2. The summed E-state index contributed by atoms with van der Waals surface area (Å²) in [6.45, 7) is 7.50. The summed E-state index contributed by atoms with van der Waals surface area (Å²) in [5.41, 5.74) is 1.07. The minimum Gasteiger partial charge on any atom is -0.458 e. The monoisotopic (exact) mass is 535 g/mol. The summed E-state index contributed by atoms with van der Waals surface area (Å²) in [5.74, 6) is 0.391. The number of nitrogens with zero attached hydrogens (tertiary/aromatic N) is 2. The maximum Gasteiger partial charge on any atom is 0.407 e. The lowest BCUT2D eigenvalue weighted by Crippen LogP contribution is -2.44. The van der Waals surface area contributed by atoms with Crippen LogP contribution in [0.1, 0.15) is 56.4 Å². The fourth-order valence-corrected chi connectivity index (χ4v) is 5.44. The van der Waals surface area contributed by atoms with E-state index in [1.807, 2.05) is 6.07 Å². The van der Waals surface area contributed by atoms with Crippen LogP contribution in [0.25, 0.3) is 22.3 Å². The van der Waals surface area contributed by atoms with Gasteiger partial charge in [0.15, 0.2) is 17.1 Å². The van der Waals surface area contributed by atoms with Gasteiger partial charge in [-0.3, -0.25) is 4.79 Å². The first kappa shape index (κ1) is 25.2. The maximum absolute atomic E-state index is 13.6. The van der Waals surface area contributed by atoms with E-state index in [-0.39, 0.29) is 49.6 Å². The molecule has 2 N–H and O–H groups in total. The molecule has 5 heterocycles. The molecule has 1 atom stereocenters. The van der Waals surface area contributed by atoms with E-state index in [1.165, 1.54) is 0 Å². The predicted octanol–water partition coefficient (Wildman–Crippen LogP) is 2.88. The van der Waals surface area contributed by atoms with Gasteiger partial charge in [0.1, 0.15) is 12.2 Å². The van der Waals surface area contributed by atoms with Gasteiger partial charge in [0.2, 0.25) is 6.79 Å². The summed E-state index contributed by atoms with van der Waals surface area (Å²) in [6.07, 6.45) is -0.0283. The zero-order valence-corrected chi connectivity index (χ0v) is 22.2. The van der Waals surface area contributed by atoms with Gasteiger partial charge >= 0.3 is 12.1 Å². The molecule has 0 saturated heterocycles. The van der Waals surface area contributed by atoms with Crippen LogP contribution >= 0.6 is 0 Å². The third-order valence-electron chi connectivity index (χ3n) is 7.34. The number of esters is 1. The van der Waals surface area contributed by atoms with E-state index in [2.05, 4.69) is 5.32 Å². The Bertz CT molecular complexity index is 1620. The second kappa shape index (κ2) is 8.70. The van der Waals surface area contributed by atoms with E-state index in [0.29, 0.717) is 34.8 Å². The molecule has 3 aliphatic heterocycles. The third-order valence-corrected chi connectivity index (χ3v) is 7.34. The van der Waals surface area contributed by atoms with Crippen molar-refractivity contribution in [3.8, 4) is 22.9 Å². The number of ether oxygens (including phenoxy) is 4. The Morgan fingerprint density at radius 1 is 1.15 bits per heavy atom. The number of fused-ring (bicyclic) bond motifs is 6. The number of rotatable bonds is 4. The van der Waals surface area contributed by atoms with E-state index in [9.17, 15) is 19.5 Å². The van der Waals surface area contributed by atoms with Crippen LogP contribution < -0.4 is 20.3 Å². The molecule has 39 heavy (non-hydrogen) atoms.